The summed E-state index contributed by atoms with van der Waals surface area (Å²) in [5.74, 6) is 0.935. The van der Waals surface area contributed by atoms with E-state index in [2.05, 4.69) is 11.4 Å². The van der Waals surface area contributed by atoms with Gasteiger partial charge in [-0.05, 0) is 48.7 Å². The number of carbonyl (C=O) groups excluding carboxylic acids is 1. The Morgan fingerprint density at radius 1 is 1.30 bits per heavy atom. The molecule has 0 heterocycles. The van der Waals surface area contributed by atoms with E-state index in [1.807, 2.05) is 44.2 Å². The summed E-state index contributed by atoms with van der Waals surface area (Å²) in [4.78, 5) is 12.1. The first-order valence-corrected chi connectivity index (χ1v) is 8.66. The van der Waals surface area contributed by atoms with Crippen molar-refractivity contribution in [1.82, 2.24) is 0 Å². The molecule has 0 atom stereocenters. The lowest BCUT2D eigenvalue weighted by Crippen LogP contribution is -2.15. The first-order valence-electron chi connectivity index (χ1n) is 7.13. The Balaban J connectivity index is 1.90. The maximum Gasteiger partial charge on any atom is 0.234 e. The van der Waals surface area contributed by atoms with Crippen LogP contribution >= 0.6 is 23.4 Å². The minimum absolute atomic E-state index is 0.0831. The Kier molecular flexibility index (Phi) is 6.09. The van der Waals surface area contributed by atoms with E-state index in [1.165, 1.54) is 11.8 Å². The number of hydrogen-bond acceptors (Lipinski definition) is 3. The molecule has 2 rings (SSSR count). The topological polar surface area (TPSA) is 52.9 Å². The summed E-state index contributed by atoms with van der Waals surface area (Å²) in [6.45, 7) is 3.89. The fourth-order valence-corrected chi connectivity index (χ4v) is 3.39. The second-order valence-electron chi connectivity index (χ2n) is 5.29. The minimum Gasteiger partial charge on any atom is -0.324 e. The smallest absolute Gasteiger partial charge is 0.234 e. The number of rotatable bonds is 5. The number of nitrogens with zero attached hydrogens (tertiary/aromatic N) is 1. The summed E-state index contributed by atoms with van der Waals surface area (Å²) in [7, 11) is 0. The predicted molar refractivity (Wildman–Crippen MR) is 96.9 cm³/mol. The molecular weight excluding hydrogens is 328 g/mol. The molecule has 3 nitrogen and oxygen atoms in total. The Labute approximate surface area is 145 Å². The van der Waals surface area contributed by atoms with E-state index in [1.54, 1.807) is 6.07 Å². The highest BCUT2D eigenvalue weighted by atomic mass is 35.5. The Bertz CT molecular complexity index is 745. The zero-order valence-electron chi connectivity index (χ0n) is 13.0. The van der Waals surface area contributed by atoms with Crippen molar-refractivity contribution < 1.29 is 4.79 Å². The number of halogens is 1. The molecule has 0 aliphatic rings. The van der Waals surface area contributed by atoms with Crippen molar-refractivity contribution in [3.8, 4) is 6.07 Å². The van der Waals surface area contributed by atoms with Crippen LogP contribution in [-0.2, 0) is 10.5 Å². The van der Waals surface area contributed by atoms with Gasteiger partial charge in [-0.1, -0.05) is 29.8 Å². The third-order valence-electron chi connectivity index (χ3n) is 3.25. The monoisotopic (exact) mass is 344 g/mol. The van der Waals surface area contributed by atoms with Crippen LogP contribution in [-0.4, -0.2) is 11.7 Å². The van der Waals surface area contributed by atoms with E-state index < -0.39 is 0 Å². The van der Waals surface area contributed by atoms with Gasteiger partial charge in [-0.15, -0.1) is 11.8 Å². The number of thioether (sulfide) groups is 1. The van der Waals surface area contributed by atoms with Gasteiger partial charge in [0.25, 0.3) is 0 Å². The predicted octanol–water partition coefficient (Wildman–Crippen LogP) is 4.70. The van der Waals surface area contributed by atoms with Gasteiger partial charge in [-0.25, -0.2) is 0 Å². The molecule has 0 unspecified atom stereocenters. The molecule has 5 heteroatoms. The molecule has 1 N–H and O–H groups in total. The van der Waals surface area contributed by atoms with Crippen LogP contribution in [0.4, 0.5) is 5.69 Å². The van der Waals surface area contributed by atoms with Crippen LogP contribution in [0.2, 0.25) is 5.02 Å². The van der Waals surface area contributed by atoms with Crippen molar-refractivity contribution in [3.05, 3.63) is 63.7 Å². The molecule has 0 bridgehead atoms. The van der Waals surface area contributed by atoms with E-state index in [9.17, 15) is 4.79 Å². The molecule has 2 aromatic rings. The van der Waals surface area contributed by atoms with Gasteiger partial charge in [-0.3, -0.25) is 4.79 Å². The number of anilines is 1. The molecule has 0 fully saturated rings. The third-order valence-corrected chi connectivity index (χ3v) is 4.56. The standard InChI is InChI=1S/C18H17ClN2OS/c1-12-6-13(2)18(16(19)7-12)21-17(22)11-23-10-15-5-3-4-14(8-15)9-20/h3-8H,10-11H2,1-2H3,(H,21,22). The first-order chi connectivity index (χ1) is 11.0. The van der Waals surface area contributed by atoms with Crippen LogP contribution < -0.4 is 5.32 Å². The number of nitrogens with one attached hydrogen (secondary N) is 1. The van der Waals surface area contributed by atoms with Crippen LogP contribution in [0.15, 0.2) is 36.4 Å². The summed E-state index contributed by atoms with van der Waals surface area (Å²) in [5.41, 5.74) is 4.36. The summed E-state index contributed by atoms with van der Waals surface area (Å²) in [6.07, 6.45) is 0. The molecule has 0 aliphatic heterocycles. The molecule has 0 radical (unpaired) electrons. The van der Waals surface area contributed by atoms with E-state index in [-0.39, 0.29) is 5.91 Å². The summed E-state index contributed by atoms with van der Waals surface area (Å²) in [5, 5.41) is 12.3. The highest BCUT2D eigenvalue weighted by molar-refractivity contribution is 7.99. The molecule has 0 aromatic heterocycles. The maximum absolute atomic E-state index is 12.1. The number of nitriles is 1. The van der Waals surface area contributed by atoms with E-state index >= 15 is 0 Å². The molecule has 0 aliphatic carbocycles. The zero-order valence-corrected chi connectivity index (χ0v) is 14.6. The van der Waals surface area contributed by atoms with E-state index in [0.717, 1.165) is 16.7 Å². The number of amides is 1. The first kappa shape index (κ1) is 17.4. The van der Waals surface area contributed by atoms with Gasteiger partial charge in [0.05, 0.1) is 28.1 Å². The van der Waals surface area contributed by atoms with Gasteiger partial charge < -0.3 is 5.32 Å². The molecule has 0 saturated carbocycles. The van der Waals surface area contributed by atoms with Crippen LogP contribution in [0.25, 0.3) is 0 Å². The Hall–Kier alpha value is -1.96. The van der Waals surface area contributed by atoms with Crippen molar-refractivity contribution in [2.45, 2.75) is 19.6 Å². The lowest BCUT2D eigenvalue weighted by Gasteiger charge is -2.11. The number of aryl methyl sites for hydroxylation is 2. The van der Waals surface area contributed by atoms with Crippen molar-refractivity contribution in [2.24, 2.45) is 0 Å². The van der Waals surface area contributed by atoms with Crippen molar-refractivity contribution in [2.75, 3.05) is 11.1 Å². The quantitative estimate of drug-likeness (QED) is 0.855. The van der Waals surface area contributed by atoms with E-state index in [0.29, 0.717) is 27.8 Å². The Morgan fingerprint density at radius 2 is 2.09 bits per heavy atom. The molecule has 1 amide bonds. The van der Waals surface area contributed by atoms with Gasteiger partial charge in [-0.2, -0.15) is 5.26 Å². The van der Waals surface area contributed by atoms with Crippen molar-refractivity contribution >= 4 is 35.0 Å². The normalized spacial score (nSPS) is 10.2. The second-order valence-corrected chi connectivity index (χ2v) is 6.68. The highest BCUT2D eigenvalue weighted by Crippen LogP contribution is 2.27. The van der Waals surface area contributed by atoms with E-state index in [4.69, 9.17) is 16.9 Å². The van der Waals surface area contributed by atoms with Crippen molar-refractivity contribution in [1.29, 1.82) is 5.26 Å². The van der Waals surface area contributed by atoms with Crippen LogP contribution in [0.5, 0.6) is 0 Å². The maximum atomic E-state index is 12.1. The average Bonchev–Trinajstić information content (AvgIpc) is 2.51. The Morgan fingerprint density at radius 3 is 2.78 bits per heavy atom. The largest absolute Gasteiger partial charge is 0.324 e. The molecular formula is C18H17ClN2OS. The molecule has 118 valence electrons. The fourth-order valence-electron chi connectivity index (χ4n) is 2.24. The average molecular weight is 345 g/mol. The summed E-state index contributed by atoms with van der Waals surface area (Å²) in [6, 6.07) is 13.3. The molecule has 23 heavy (non-hydrogen) atoms. The highest BCUT2D eigenvalue weighted by Gasteiger charge is 2.09. The van der Waals surface area contributed by atoms with Gasteiger partial charge >= 0.3 is 0 Å². The lowest BCUT2D eigenvalue weighted by atomic mass is 10.1. The van der Waals surface area contributed by atoms with Gasteiger partial charge in [0.2, 0.25) is 5.91 Å². The van der Waals surface area contributed by atoms with Crippen LogP contribution in [0.1, 0.15) is 22.3 Å². The minimum atomic E-state index is -0.0831. The number of benzene rings is 2. The third kappa shape index (κ3) is 5.02. The number of carbonyl (C=O) groups is 1. The lowest BCUT2D eigenvalue weighted by molar-refractivity contribution is -0.113. The molecule has 0 spiro atoms. The SMILES string of the molecule is Cc1cc(C)c(NC(=O)CSCc2cccc(C#N)c2)c(Cl)c1. The van der Waals surface area contributed by atoms with Crippen molar-refractivity contribution in [3.63, 3.8) is 0 Å². The molecule has 0 saturated heterocycles. The summed E-state index contributed by atoms with van der Waals surface area (Å²) < 4.78 is 0. The zero-order chi connectivity index (χ0) is 16.8. The molecule has 2 aromatic carbocycles. The van der Waals surface area contributed by atoms with Gasteiger partial charge in [0.1, 0.15) is 0 Å². The summed E-state index contributed by atoms with van der Waals surface area (Å²) >= 11 is 7.69. The fraction of sp³-hybridized carbons (Fsp3) is 0.222. The van der Waals surface area contributed by atoms with Gasteiger partial charge in [0, 0.05) is 5.75 Å². The van der Waals surface area contributed by atoms with Crippen LogP contribution in [0, 0.1) is 25.2 Å². The van der Waals surface area contributed by atoms with Gasteiger partial charge in [0.15, 0.2) is 0 Å². The van der Waals surface area contributed by atoms with Crippen LogP contribution in [0.3, 0.4) is 0 Å². The second kappa shape index (κ2) is 8.05. The number of hydrogen-bond donors (Lipinski definition) is 1.